The fraction of sp³-hybridized carbons (Fsp3) is 0.182. The lowest BCUT2D eigenvalue weighted by atomic mass is 10.2. The number of hydrogen-bond acceptors (Lipinski definition) is 4. The van der Waals surface area contributed by atoms with Crippen molar-refractivity contribution < 1.29 is 14.3 Å². The van der Waals surface area contributed by atoms with E-state index >= 15 is 0 Å². The van der Waals surface area contributed by atoms with Crippen LogP contribution in [0.25, 0.3) is 11.8 Å². The Kier molecular flexibility index (Phi) is 6.05. The minimum Gasteiger partial charge on any atom is -0.490 e. The summed E-state index contributed by atoms with van der Waals surface area (Å²) in [5.74, 6) is 0.349. The lowest BCUT2D eigenvalue weighted by Gasteiger charge is -2.05. The summed E-state index contributed by atoms with van der Waals surface area (Å²) in [6.45, 7) is 4.41. The van der Waals surface area contributed by atoms with Crippen molar-refractivity contribution >= 4 is 12.0 Å². The largest absolute Gasteiger partial charge is 0.490 e. The van der Waals surface area contributed by atoms with Crippen molar-refractivity contribution in [2.45, 2.75) is 13.8 Å². The van der Waals surface area contributed by atoms with Gasteiger partial charge in [0.1, 0.15) is 19.0 Å². The van der Waals surface area contributed by atoms with Crippen LogP contribution in [-0.4, -0.2) is 29.0 Å². The molecule has 0 unspecified atom stereocenters. The third kappa shape index (κ3) is 4.85. The van der Waals surface area contributed by atoms with Gasteiger partial charge in [0.05, 0.1) is 11.4 Å². The number of aromatic nitrogens is 2. The second kappa shape index (κ2) is 8.85. The lowest BCUT2D eigenvalue weighted by Crippen LogP contribution is -2.10. The van der Waals surface area contributed by atoms with Gasteiger partial charge in [0.15, 0.2) is 0 Å². The Morgan fingerprint density at radius 2 is 1.67 bits per heavy atom. The molecule has 0 bridgehead atoms. The van der Waals surface area contributed by atoms with E-state index in [4.69, 9.17) is 9.47 Å². The molecule has 0 atom stereocenters. The molecule has 0 radical (unpaired) electrons. The molecule has 3 rings (SSSR count). The first kappa shape index (κ1) is 18.5. The van der Waals surface area contributed by atoms with Gasteiger partial charge in [-0.1, -0.05) is 36.4 Å². The number of nitrogens with zero attached hydrogens (tertiary/aromatic N) is 2. The van der Waals surface area contributed by atoms with Gasteiger partial charge in [0, 0.05) is 17.3 Å². The minimum absolute atomic E-state index is 0.194. The fourth-order valence-corrected chi connectivity index (χ4v) is 2.73. The molecule has 0 saturated heterocycles. The van der Waals surface area contributed by atoms with Gasteiger partial charge in [-0.25, -0.2) is 9.48 Å². The van der Waals surface area contributed by atoms with Crippen LogP contribution in [0.4, 0.5) is 0 Å². The Morgan fingerprint density at radius 3 is 2.37 bits per heavy atom. The van der Waals surface area contributed by atoms with E-state index < -0.39 is 5.97 Å². The summed E-state index contributed by atoms with van der Waals surface area (Å²) in [4.78, 5) is 11.9. The second-order valence-electron chi connectivity index (χ2n) is 5.99. The summed E-state index contributed by atoms with van der Waals surface area (Å²) in [7, 11) is 0. The van der Waals surface area contributed by atoms with E-state index in [1.807, 2.05) is 79.2 Å². The van der Waals surface area contributed by atoms with Crippen molar-refractivity contribution in [1.82, 2.24) is 9.78 Å². The molecule has 2 aromatic carbocycles. The van der Waals surface area contributed by atoms with Crippen molar-refractivity contribution in [3.8, 4) is 11.4 Å². The Morgan fingerprint density at radius 1 is 1.00 bits per heavy atom. The first-order valence-corrected chi connectivity index (χ1v) is 8.79. The van der Waals surface area contributed by atoms with E-state index in [2.05, 4.69) is 5.10 Å². The van der Waals surface area contributed by atoms with Gasteiger partial charge < -0.3 is 9.47 Å². The Hall–Kier alpha value is -3.34. The van der Waals surface area contributed by atoms with Crippen molar-refractivity contribution in [1.29, 1.82) is 0 Å². The zero-order chi connectivity index (χ0) is 19.1. The highest BCUT2D eigenvalue weighted by molar-refractivity contribution is 5.87. The Bertz CT molecular complexity index is 915. The normalized spacial score (nSPS) is 10.9. The maximum atomic E-state index is 11.9. The topological polar surface area (TPSA) is 53.4 Å². The molecule has 1 aromatic heterocycles. The predicted octanol–water partition coefficient (Wildman–Crippen LogP) is 4.12. The molecule has 1 heterocycles. The molecule has 5 nitrogen and oxygen atoms in total. The van der Waals surface area contributed by atoms with E-state index in [1.54, 1.807) is 6.08 Å². The third-order valence-corrected chi connectivity index (χ3v) is 4.07. The first-order chi connectivity index (χ1) is 13.1. The van der Waals surface area contributed by atoms with Crippen LogP contribution in [0.3, 0.4) is 0 Å². The van der Waals surface area contributed by atoms with Crippen molar-refractivity contribution in [3.63, 3.8) is 0 Å². The lowest BCUT2D eigenvalue weighted by molar-refractivity contribution is -0.138. The van der Waals surface area contributed by atoms with Crippen LogP contribution in [0.15, 0.2) is 66.7 Å². The standard InChI is InChI=1S/C22H22N2O3/c1-17-21(18(2)24(23-17)19-9-5-3-6-10-19)13-14-22(25)27-16-15-26-20-11-7-4-8-12-20/h3-14H,15-16H2,1-2H3/b14-13+. The third-order valence-electron chi connectivity index (χ3n) is 4.07. The molecule has 0 fully saturated rings. The van der Waals surface area contributed by atoms with E-state index in [9.17, 15) is 4.79 Å². The molecule has 138 valence electrons. The summed E-state index contributed by atoms with van der Waals surface area (Å²) < 4.78 is 12.5. The molecule has 27 heavy (non-hydrogen) atoms. The van der Waals surface area contributed by atoms with Gasteiger partial charge in [-0.3, -0.25) is 0 Å². The average molecular weight is 362 g/mol. The van der Waals surface area contributed by atoms with Gasteiger partial charge in [-0.15, -0.1) is 0 Å². The molecular weight excluding hydrogens is 340 g/mol. The zero-order valence-electron chi connectivity index (χ0n) is 15.5. The summed E-state index contributed by atoms with van der Waals surface area (Å²) in [5, 5.41) is 4.56. The molecule has 0 aliphatic rings. The number of carbonyl (C=O) groups excluding carboxylic acids is 1. The smallest absolute Gasteiger partial charge is 0.330 e. The maximum absolute atomic E-state index is 11.9. The average Bonchev–Trinajstić information content (AvgIpc) is 2.99. The predicted molar refractivity (Wildman–Crippen MR) is 105 cm³/mol. The number of carbonyl (C=O) groups is 1. The van der Waals surface area contributed by atoms with Crippen LogP contribution in [0, 0.1) is 13.8 Å². The SMILES string of the molecule is Cc1nn(-c2ccccc2)c(C)c1/C=C/C(=O)OCCOc1ccccc1. The molecule has 0 aliphatic carbocycles. The van der Waals surface area contributed by atoms with E-state index in [0.29, 0.717) is 6.61 Å². The highest BCUT2D eigenvalue weighted by Gasteiger charge is 2.10. The first-order valence-electron chi connectivity index (χ1n) is 8.79. The number of para-hydroxylation sites is 2. The van der Waals surface area contributed by atoms with E-state index in [0.717, 1.165) is 28.4 Å². The van der Waals surface area contributed by atoms with E-state index in [-0.39, 0.29) is 6.61 Å². The molecule has 0 spiro atoms. The molecule has 3 aromatic rings. The van der Waals surface area contributed by atoms with Crippen molar-refractivity contribution in [2.24, 2.45) is 0 Å². The minimum atomic E-state index is -0.405. The van der Waals surface area contributed by atoms with Gasteiger partial charge in [0.2, 0.25) is 0 Å². The molecular formula is C22H22N2O3. The van der Waals surface area contributed by atoms with Crippen LogP contribution >= 0.6 is 0 Å². The number of aryl methyl sites for hydroxylation is 1. The highest BCUT2D eigenvalue weighted by atomic mass is 16.6. The monoisotopic (exact) mass is 362 g/mol. The number of ether oxygens (including phenoxy) is 2. The van der Waals surface area contributed by atoms with Gasteiger partial charge in [0.25, 0.3) is 0 Å². The van der Waals surface area contributed by atoms with Crippen LogP contribution in [-0.2, 0) is 9.53 Å². The molecule has 0 N–H and O–H groups in total. The zero-order valence-corrected chi connectivity index (χ0v) is 15.5. The summed E-state index contributed by atoms with van der Waals surface area (Å²) in [6, 6.07) is 19.3. The summed E-state index contributed by atoms with van der Waals surface area (Å²) in [6.07, 6.45) is 3.17. The van der Waals surface area contributed by atoms with Crippen LogP contribution in [0.2, 0.25) is 0 Å². The van der Waals surface area contributed by atoms with Crippen LogP contribution < -0.4 is 4.74 Å². The molecule has 0 aliphatic heterocycles. The van der Waals surface area contributed by atoms with E-state index in [1.165, 1.54) is 6.08 Å². The van der Waals surface area contributed by atoms with Crippen LogP contribution in [0.1, 0.15) is 17.0 Å². The number of esters is 1. The maximum Gasteiger partial charge on any atom is 0.330 e. The molecule has 5 heteroatoms. The molecule has 0 amide bonds. The Balaban J connectivity index is 1.56. The van der Waals surface area contributed by atoms with Crippen LogP contribution in [0.5, 0.6) is 5.75 Å². The second-order valence-corrected chi connectivity index (χ2v) is 5.99. The quantitative estimate of drug-likeness (QED) is 0.360. The van der Waals surface area contributed by atoms with Gasteiger partial charge in [-0.2, -0.15) is 5.10 Å². The summed E-state index contributed by atoms with van der Waals surface area (Å²) in [5.41, 5.74) is 3.72. The summed E-state index contributed by atoms with van der Waals surface area (Å²) >= 11 is 0. The van der Waals surface area contributed by atoms with Crippen molar-refractivity contribution in [2.75, 3.05) is 13.2 Å². The van der Waals surface area contributed by atoms with Gasteiger partial charge in [-0.05, 0) is 44.2 Å². The van der Waals surface area contributed by atoms with Gasteiger partial charge >= 0.3 is 5.97 Å². The Labute approximate surface area is 158 Å². The number of hydrogen-bond donors (Lipinski definition) is 0. The number of benzene rings is 2. The highest BCUT2D eigenvalue weighted by Crippen LogP contribution is 2.19. The molecule has 0 saturated carbocycles. The number of rotatable bonds is 7. The fourth-order valence-electron chi connectivity index (χ4n) is 2.73. The van der Waals surface area contributed by atoms with Crippen molar-refractivity contribution in [3.05, 3.63) is 83.7 Å².